The van der Waals surface area contributed by atoms with E-state index in [2.05, 4.69) is 73.1 Å². The second kappa shape index (κ2) is 6.77. The molecule has 0 aromatic carbocycles. The fourth-order valence-electron chi connectivity index (χ4n) is 2.65. The van der Waals surface area contributed by atoms with Gasteiger partial charge in [0.15, 0.2) is 8.32 Å². The highest BCUT2D eigenvalue weighted by Gasteiger charge is 2.49. The lowest BCUT2D eigenvalue weighted by Gasteiger charge is -2.48. The summed E-state index contributed by atoms with van der Waals surface area (Å²) in [6.07, 6.45) is 2.16. The van der Waals surface area contributed by atoms with E-state index in [1.807, 2.05) is 0 Å². The molecular weight excluding hydrogens is 296 g/mol. The van der Waals surface area contributed by atoms with E-state index < -0.39 is 24.7 Å². The van der Waals surface area contributed by atoms with Crippen molar-refractivity contribution in [3.8, 4) is 0 Å². The van der Waals surface area contributed by atoms with Crippen LogP contribution in [0.2, 0.25) is 52.4 Å². The van der Waals surface area contributed by atoms with E-state index in [-0.39, 0.29) is 5.22 Å². The van der Waals surface area contributed by atoms with Gasteiger partial charge in [-0.05, 0) is 52.5 Å². The zero-order valence-electron chi connectivity index (χ0n) is 15.8. The molecule has 0 aliphatic heterocycles. The monoisotopic (exact) mass is 334 g/mol. The molecule has 0 N–H and O–H groups in total. The maximum atomic E-state index is 6.75. The Morgan fingerprint density at radius 3 is 1.60 bits per heavy atom. The van der Waals surface area contributed by atoms with Gasteiger partial charge in [-0.1, -0.05) is 33.5 Å². The van der Waals surface area contributed by atoms with Gasteiger partial charge in [0.2, 0.25) is 8.32 Å². The number of rotatable bonds is 8. The average Bonchev–Trinajstić information content (AvgIpc) is 2.21. The van der Waals surface area contributed by atoms with E-state index >= 15 is 0 Å². The van der Waals surface area contributed by atoms with E-state index in [1.165, 1.54) is 0 Å². The summed E-state index contributed by atoms with van der Waals surface area (Å²) in [6.45, 7) is 25.6. The van der Waals surface area contributed by atoms with Crippen LogP contribution in [0, 0.1) is 0 Å². The minimum absolute atomic E-state index is 0.0788. The highest BCUT2D eigenvalue weighted by Crippen LogP contribution is 2.34. The van der Waals surface area contributed by atoms with Crippen molar-refractivity contribution in [1.82, 2.24) is 0 Å². The van der Waals surface area contributed by atoms with Crippen LogP contribution >= 0.6 is 0 Å². The molecule has 0 aromatic heterocycles. The van der Waals surface area contributed by atoms with Gasteiger partial charge in [0.1, 0.15) is 0 Å². The summed E-state index contributed by atoms with van der Waals surface area (Å²) in [7, 11) is -4.76. The summed E-state index contributed by atoms with van der Waals surface area (Å²) in [6, 6.07) is 0. The first-order valence-corrected chi connectivity index (χ1v) is 18.0. The quantitative estimate of drug-likeness (QED) is 0.551. The van der Waals surface area contributed by atoms with Gasteiger partial charge in [0.25, 0.3) is 0 Å². The first-order valence-electron chi connectivity index (χ1n) is 8.06. The van der Waals surface area contributed by atoms with Gasteiger partial charge in [-0.25, -0.2) is 0 Å². The molecule has 2 atom stereocenters. The molecule has 0 radical (unpaired) electrons. The van der Waals surface area contributed by atoms with Gasteiger partial charge in [-0.15, -0.1) is 0 Å². The Morgan fingerprint density at radius 1 is 0.900 bits per heavy atom. The van der Waals surface area contributed by atoms with Gasteiger partial charge >= 0.3 is 0 Å². The van der Waals surface area contributed by atoms with E-state index in [1.54, 1.807) is 0 Å². The third kappa shape index (κ3) is 5.75. The lowest BCUT2D eigenvalue weighted by molar-refractivity contribution is 0.108. The van der Waals surface area contributed by atoms with Crippen LogP contribution in [0.25, 0.3) is 0 Å². The van der Waals surface area contributed by atoms with Crippen LogP contribution in [0.5, 0.6) is 0 Å². The predicted octanol–water partition coefficient (Wildman–Crippen LogP) is 5.42. The second-order valence-electron chi connectivity index (χ2n) is 8.69. The fraction of sp³-hybridized carbons (Fsp3) is 1.00. The number of hydrogen-bond donors (Lipinski definition) is 0. The van der Waals surface area contributed by atoms with Gasteiger partial charge in [0, 0.05) is 5.73 Å². The molecule has 0 aromatic rings. The molecule has 122 valence electrons. The topological polar surface area (TPSA) is 18.5 Å². The summed E-state index contributed by atoms with van der Waals surface area (Å²) >= 11 is 0. The van der Waals surface area contributed by atoms with Gasteiger partial charge in [-0.2, -0.15) is 0 Å². The van der Waals surface area contributed by atoms with Crippen molar-refractivity contribution in [1.29, 1.82) is 0 Å². The van der Waals surface area contributed by atoms with Crippen LogP contribution in [0.1, 0.15) is 33.6 Å². The van der Waals surface area contributed by atoms with Crippen LogP contribution < -0.4 is 0 Å². The summed E-state index contributed by atoms with van der Waals surface area (Å²) in [5, 5.41) is -0.0788. The van der Waals surface area contributed by atoms with Crippen LogP contribution in [0.3, 0.4) is 0 Å². The molecule has 20 heavy (non-hydrogen) atoms. The lowest BCUT2D eigenvalue weighted by atomic mass is 10.3. The molecule has 0 aliphatic carbocycles. The van der Waals surface area contributed by atoms with Crippen molar-refractivity contribution < 1.29 is 8.85 Å². The zero-order valence-corrected chi connectivity index (χ0v) is 18.8. The van der Waals surface area contributed by atoms with Crippen molar-refractivity contribution in [2.24, 2.45) is 0 Å². The summed E-state index contributed by atoms with van der Waals surface area (Å²) in [5.74, 6) is 0. The SMILES string of the molecule is CCC(O[Si](C)(C)C(C)(CC)O[Si](C)(C)C)[Si](C)(C)C. The average molecular weight is 335 g/mol. The Balaban J connectivity index is 5.25. The van der Waals surface area contributed by atoms with Crippen molar-refractivity contribution >= 4 is 24.7 Å². The minimum Gasteiger partial charge on any atom is -0.415 e. The summed E-state index contributed by atoms with van der Waals surface area (Å²) in [4.78, 5) is 0. The molecular formula is C15H38O2Si3. The van der Waals surface area contributed by atoms with Crippen LogP contribution in [0.15, 0.2) is 0 Å². The zero-order chi connectivity index (χ0) is 16.4. The van der Waals surface area contributed by atoms with E-state index in [0.29, 0.717) is 5.73 Å². The Hall–Kier alpha value is 0.571. The van der Waals surface area contributed by atoms with Crippen molar-refractivity contribution in [2.45, 2.75) is 96.9 Å². The normalized spacial score (nSPS) is 18.8. The third-order valence-electron chi connectivity index (χ3n) is 4.25. The molecule has 0 amide bonds. The first-order chi connectivity index (χ1) is 8.68. The molecule has 0 rings (SSSR count). The second-order valence-corrected chi connectivity index (χ2v) is 22.8. The van der Waals surface area contributed by atoms with Crippen LogP contribution in [-0.4, -0.2) is 35.7 Å². The van der Waals surface area contributed by atoms with Crippen LogP contribution in [-0.2, 0) is 8.85 Å². The molecule has 2 unspecified atom stereocenters. The highest BCUT2D eigenvalue weighted by molar-refractivity contribution is 6.80. The predicted molar refractivity (Wildman–Crippen MR) is 99.1 cm³/mol. The Labute approximate surface area is 130 Å². The Morgan fingerprint density at radius 2 is 1.35 bits per heavy atom. The largest absolute Gasteiger partial charge is 0.415 e. The molecule has 0 spiro atoms. The fourth-order valence-corrected chi connectivity index (χ4v) is 11.5. The van der Waals surface area contributed by atoms with E-state index in [0.717, 1.165) is 12.8 Å². The maximum absolute atomic E-state index is 6.75. The van der Waals surface area contributed by atoms with Crippen molar-refractivity contribution in [3.63, 3.8) is 0 Å². The third-order valence-corrected chi connectivity index (χ3v) is 12.1. The number of hydrogen-bond acceptors (Lipinski definition) is 2. The van der Waals surface area contributed by atoms with E-state index in [4.69, 9.17) is 8.85 Å². The Kier molecular flexibility index (Phi) is 6.96. The van der Waals surface area contributed by atoms with Crippen LogP contribution in [0.4, 0.5) is 0 Å². The summed E-state index contributed by atoms with van der Waals surface area (Å²) in [5.41, 5.74) is 0.445. The molecule has 0 saturated heterocycles. The molecule has 2 nitrogen and oxygen atoms in total. The minimum atomic E-state index is -1.91. The van der Waals surface area contributed by atoms with Crippen molar-refractivity contribution in [3.05, 3.63) is 0 Å². The molecule has 0 fully saturated rings. The molecule has 0 heterocycles. The smallest absolute Gasteiger partial charge is 0.216 e. The molecule has 0 bridgehead atoms. The highest BCUT2D eigenvalue weighted by atomic mass is 28.4. The standard InChI is InChI=1S/C15H38O2Si3/c1-12-14(18(4,5)6)16-20(10,11)15(3,13-2)17-19(7,8)9/h14H,12-13H2,1-11H3. The Bertz CT molecular complexity index is 305. The molecule has 0 saturated carbocycles. The van der Waals surface area contributed by atoms with Gasteiger partial charge in [0.05, 0.1) is 13.3 Å². The van der Waals surface area contributed by atoms with Gasteiger partial charge < -0.3 is 8.85 Å². The van der Waals surface area contributed by atoms with Crippen molar-refractivity contribution in [2.75, 3.05) is 0 Å². The summed E-state index contributed by atoms with van der Waals surface area (Å²) < 4.78 is 13.3. The molecule has 5 heteroatoms. The first kappa shape index (κ1) is 20.6. The molecule has 0 aliphatic rings. The maximum Gasteiger partial charge on any atom is 0.216 e. The van der Waals surface area contributed by atoms with E-state index in [9.17, 15) is 0 Å². The lowest BCUT2D eigenvalue weighted by Crippen LogP contribution is -2.62. The van der Waals surface area contributed by atoms with Gasteiger partial charge in [-0.3, -0.25) is 0 Å².